The van der Waals surface area contributed by atoms with E-state index in [2.05, 4.69) is 26.1 Å². The number of rotatable bonds is 7. The highest BCUT2D eigenvalue weighted by molar-refractivity contribution is 5.76. The first-order valence-corrected chi connectivity index (χ1v) is 13.5. The van der Waals surface area contributed by atoms with Gasteiger partial charge in [0.05, 0.1) is 24.7 Å². The molecule has 194 valence electrons. The summed E-state index contributed by atoms with van der Waals surface area (Å²) in [6.45, 7) is 6.91. The minimum atomic E-state index is -0.919. The SMILES string of the molecule is C[C@H](CCC(=O)NCCC(=O)O)[C@H]1CCC2C3C(C[C@H](O)[C@@]21C)[C@@]1(C)CC[C@@H](O)C[C@H]1C[C@H]3O. The number of aliphatic hydroxyl groups is 3. The first kappa shape index (κ1) is 25.9. The van der Waals surface area contributed by atoms with Crippen molar-refractivity contribution in [2.75, 3.05) is 6.54 Å². The van der Waals surface area contributed by atoms with Gasteiger partial charge in [-0.15, -0.1) is 0 Å². The Kier molecular flexibility index (Phi) is 7.39. The zero-order valence-corrected chi connectivity index (χ0v) is 21.1. The van der Waals surface area contributed by atoms with E-state index in [0.29, 0.717) is 24.7 Å². The first-order valence-electron chi connectivity index (χ1n) is 13.5. The quantitative estimate of drug-likeness (QED) is 0.382. The predicted molar refractivity (Wildman–Crippen MR) is 128 cm³/mol. The van der Waals surface area contributed by atoms with Gasteiger partial charge in [0.2, 0.25) is 5.91 Å². The molecule has 4 fully saturated rings. The van der Waals surface area contributed by atoms with Gasteiger partial charge in [-0.1, -0.05) is 20.8 Å². The van der Waals surface area contributed by atoms with Gasteiger partial charge >= 0.3 is 5.97 Å². The van der Waals surface area contributed by atoms with Crippen molar-refractivity contribution in [3.8, 4) is 0 Å². The van der Waals surface area contributed by atoms with E-state index in [1.807, 2.05) is 0 Å². The van der Waals surface area contributed by atoms with Crippen LogP contribution in [-0.4, -0.2) is 57.2 Å². The molecule has 0 spiro atoms. The maximum absolute atomic E-state index is 12.2. The number of fused-ring (bicyclic) bond motifs is 5. The van der Waals surface area contributed by atoms with Gasteiger partial charge in [-0.05, 0) is 97.7 Å². The Morgan fingerprint density at radius 3 is 2.44 bits per heavy atom. The molecule has 1 amide bonds. The Balaban J connectivity index is 1.45. The summed E-state index contributed by atoms with van der Waals surface area (Å²) in [6.07, 6.45) is 6.00. The van der Waals surface area contributed by atoms with Gasteiger partial charge < -0.3 is 25.7 Å². The molecule has 7 nitrogen and oxygen atoms in total. The third kappa shape index (κ3) is 4.41. The molecule has 11 atom stereocenters. The maximum Gasteiger partial charge on any atom is 0.305 e. The molecule has 0 aliphatic heterocycles. The normalized spacial score (nSPS) is 46.6. The number of carboxylic acid groups (broad SMARTS) is 1. The number of aliphatic carboxylic acids is 1. The Morgan fingerprint density at radius 2 is 1.74 bits per heavy atom. The van der Waals surface area contributed by atoms with Crippen molar-refractivity contribution < 1.29 is 30.0 Å². The van der Waals surface area contributed by atoms with Crippen LogP contribution in [0.5, 0.6) is 0 Å². The number of amides is 1. The summed E-state index contributed by atoms with van der Waals surface area (Å²) in [6, 6.07) is 0. The minimum absolute atomic E-state index is 0.0700. The van der Waals surface area contributed by atoms with Crippen molar-refractivity contribution in [2.24, 2.45) is 46.3 Å². The Morgan fingerprint density at radius 1 is 1.00 bits per heavy atom. The fourth-order valence-electron chi connectivity index (χ4n) is 9.09. The average molecular weight is 480 g/mol. The standard InChI is InChI=1S/C27H45NO6/c1-15(4-7-23(32)28-11-9-24(33)34)18-5-6-19-25-20(14-22(31)27(18,19)3)26(2)10-8-17(29)12-16(26)13-21(25)30/h15-22,25,29-31H,4-14H2,1-3H3,(H,28,32)(H,33,34)/t15-,16+,17-,18-,19?,20?,21-,22+,25?,26+,27-/m1/s1. The average Bonchev–Trinajstić information content (AvgIpc) is 3.12. The molecule has 0 heterocycles. The van der Waals surface area contributed by atoms with E-state index in [1.54, 1.807) is 0 Å². The Hall–Kier alpha value is -1.18. The fraction of sp³-hybridized carbons (Fsp3) is 0.926. The molecule has 5 N–H and O–H groups in total. The third-order valence-electron chi connectivity index (χ3n) is 11.0. The molecule has 3 unspecified atom stereocenters. The van der Waals surface area contributed by atoms with E-state index in [1.165, 1.54) is 0 Å². The van der Waals surface area contributed by atoms with Gasteiger partial charge in [-0.2, -0.15) is 0 Å². The Labute approximate surface area is 203 Å². The summed E-state index contributed by atoms with van der Waals surface area (Å²) in [5, 5.41) is 44.7. The summed E-state index contributed by atoms with van der Waals surface area (Å²) in [7, 11) is 0. The zero-order valence-electron chi connectivity index (χ0n) is 21.1. The predicted octanol–water partition coefficient (Wildman–Crippen LogP) is 2.96. The fourth-order valence-corrected chi connectivity index (χ4v) is 9.09. The molecule has 0 bridgehead atoms. The van der Waals surface area contributed by atoms with Crippen LogP contribution in [0.15, 0.2) is 0 Å². The maximum atomic E-state index is 12.2. The third-order valence-corrected chi connectivity index (χ3v) is 11.0. The molecule has 4 rings (SSSR count). The molecular weight excluding hydrogens is 434 g/mol. The zero-order chi connectivity index (χ0) is 24.8. The largest absolute Gasteiger partial charge is 0.481 e. The smallest absolute Gasteiger partial charge is 0.305 e. The molecule has 4 saturated carbocycles. The molecule has 7 heteroatoms. The van der Waals surface area contributed by atoms with Crippen LogP contribution in [0.4, 0.5) is 0 Å². The molecule has 0 saturated heterocycles. The molecule has 0 aromatic carbocycles. The molecule has 4 aliphatic carbocycles. The van der Waals surface area contributed by atoms with Gasteiger partial charge in [0.15, 0.2) is 0 Å². The van der Waals surface area contributed by atoms with Gasteiger partial charge in [-0.25, -0.2) is 0 Å². The summed E-state index contributed by atoms with van der Waals surface area (Å²) in [5.41, 5.74) is -0.193. The molecule has 0 aromatic rings. The lowest BCUT2D eigenvalue weighted by Gasteiger charge is -2.63. The second kappa shape index (κ2) is 9.70. The van der Waals surface area contributed by atoms with Crippen LogP contribution in [-0.2, 0) is 9.59 Å². The van der Waals surface area contributed by atoms with Crippen molar-refractivity contribution in [3.63, 3.8) is 0 Å². The van der Waals surface area contributed by atoms with E-state index in [4.69, 9.17) is 5.11 Å². The summed E-state index contributed by atoms with van der Waals surface area (Å²) in [4.78, 5) is 22.8. The number of carbonyl (C=O) groups is 2. The second-order valence-electron chi connectivity index (χ2n) is 12.5. The van der Waals surface area contributed by atoms with Crippen LogP contribution in [0.25, 0.3) is 0 Å². The number of carbonyl (C=O) groups excluding carboxylic acids is 1. The lowest BCUT2D eigenvalue weighted by molar-refractivity contribution is -0.207. The van der Waals surface area contributed by atoms with Crippen molar-refractivity contribution >= 4 is 11.9 Å². The monoisotopic (exact) mass is 479 g/mol. The highest BCUT2D eigenvalue weighted by atomic mass is 16.4. The number of hydrogen-bond donors (Lipinski definition) is 5. The van der Waals surface area contributed by atoms with Crippen LogP contribution in [0.1, 0.15) is 85.0 Å². The molecule has 0 aromatic heterocycles. The number of hydrogen-bond acceptors (Lipinski definition) is 5. The highest BCUT2D eigenvalue weighted by Crippen LogP contribution is 2.68. The van der Waals surface area contributed by atoms with Crippen molar-refractivity contribution in [1.82, 2.24) is 5.32 Å². The lowest BCUT2D eigenvalue weighted by atomic mass is 9.43. The number of aliphatic hydroxyl groups excluding tert-OH is 3. The topological polar surface area (TPSA) is 127 Å². The molecular formula is C27H45NO6. The van der Waals surface area contributed by atoms with Crippen molar-refractivity contribution in [1.29, 1.82) is 0 Å². The molecule has 4 aliphatic rings. The van der Waals surface area contributed by atoms with Gasteiger partial charge in [0.1, 0.15) is 0 Å². The summed E-state index contributed by atoms with van der Waals surface area (Å²) in [5.74, 6) is 0.609. The van der Waals surface area contributed by atoms with Crippen LogP contribution < -0.4 is 5.32 Å². The van der Waals surface area contributed by atoms with E-state index in [-0.39, 0.29) is 65.6 Å². The number of carboxylic acids is 1. The lowest BCUT2D eigenvalue weighted by Crippen LogP contribution is -2.62. The highest BCUT2D eigenvalue weighted by Gasteiger charge is 2.65. The molecule has 0 radical (unpaired) electrons. The van der Waals surface area contributed by atoms with Crippen molar-refractivity contribution in [2.45, 2.75) is 103 Å². The van der Waals surface area contributed by atoms with Gasteiger partial charge in [0.25, 0.3) is 0 Å². The summed E-state index contributed by atoms with van der Waals surface area (Å²) >= 11 is 0. The summed E-state index contributed by atoms with van der Waals surface area (Å²) < 4.78 is 0. The van der Waals surface area contributed by atoms with E-state index < -0.39 is 12.1 Å². The molecule has 34 heavy (non-hydrogen) atoms. The van der Waals surface area contributed by atoms with Crippen LogP contribution in [0.2, 0.25) is 0 Å². The van der Waals surface area contributed by atoms with Gasteiger partial charge in [0, 0.05) is 13.0 Å². The van der Waals surface area contributed by atoms with Gasteiger partial charge in [-0.3, -0.25) is 9.59 Å². The van der Waals surface area contributed by atoms with Crippen molar-refractivity contribution in [3.05, 3.63) is 0 Å². The van der Waals surface area contributed by atoms with E-state index in [0.717, 1.165) is 44.9 Å². The first-order chi connectivity index (χ1) is 16.0. The second-order valence-corrected chi connectivity index (χ2v) is 12.5. The van der Waals surface area contributed by atoms with E-state index >= 15 is 0 Å². The number of nitrogens with one attached hydrogen (secondary N) is 1. The Bertz CT molecular complexity index is 774. The van der Waals surface area contributed by atoms with Crippen LogP contribution >= 0.6 is 0 Å². The van der Waals surface area contributed by atoms with Crippen LogP contribution in [0.3, 0.4) is 0 Å². The minimum Gasteiger partial charge on any atom is -0.481 e. The van der Waals surface area contributed by atoms with E-state index in [9.17, 15) is 24.9 Å². The van der Waals surface area contributed by atoms with Crippen LogP contribution in [0, 0.1) is 46.3 Å².